The number of anilines is 1. The standard InChI is InChI=1S/C26H28N2O2/c1-19-13-15-28(16-14-19)18-20-7-9-22(10-8-20)26(30)27-24-17-23(11-12-25(24)29)21-5-3-2-4-6-21/h2-12,17,19,29H,13-16,18H2,1H3,(H,27,30). The largest absolute Gasteiger partial charge is 0.506 e. The van der Waals surface area contributed by atoms with E-state index in [0.717, 1.165) is 36.7 Å². The first-order valence-corrected chi connectivity index (χ1v) is 10.6. The van der Waals surface area contributed by atoms with Gasteiger partial charge in [-0.2, -0.15) is 0 Å². The van der Waals surface area contributed by atoms with Crippen molar-refractivity contribution in [3.63, 3.8) is 0 Å². The molecular weight excluding hydrogens is 372 g/mol. The quantitative estimate of drug-likeness (QED) is 0.553. The molecule has 1 aliphatic heterocycles. The molecule has 4 nitrogen and oxygen atoms in total. The van der Waals surface area contributed by atoms with Crippen molar-refractivity contribution in [3.8, 4) is 16.9 Å². The minimum Gasteiger partial charge on any atom is -0.506 e. The molecule has 1 aliphatic rings. The Hall–Kier alpha value is -3.11. The number of carbonyl (C=O) groups excluding carboxylic acids is 1. The van der Waals surface area contributed by atoms with Crippen molar-refractivity contribution in [1.82, 2.24) is 4.90 Å². The highest BCUT2D eigenvalue weighted by atomic mass is 16.3. The Kier molecular flexibility index (Phi) is 6.15. The van der Waals surface area contributed by atoms with Gasteiger partial charge in [0.2, 0.25) is 0 Å². The van der Waals surface area contributed by atoms with E-state index < -0.39 is 0 Å². The average molecular weight is 401 g/mol. The highest BCUT2D eigenvalue weighted by molar-refractivity contribution is 6.05. The molecule has 3 aromatic carbocycles. The second kappa shape index (κ2) is 9.14. The molecule has 0 spiro atoms. The summed E-state index contributed by atoms with van der Waals surface area (Å²) in [7, 11) is 0. The van der Waals surface area contributed by atoms with Crippen molar-refractivity contribution in [1.29, 1.82) is 0 Å². The Morgan fingerprint density at radius 3 is 2.37 bits per heavy atom. The lowest BCUT2D eigenvalue weighted by molar-refractivity contribution is 0.102. The Bertz CT molecular complexity index is 991. The lowest BCUT2D eigenvalue weighted by Crippen LogP contribution is -2.32. The summed E-state index contributed by atoms with van der Waals surface area (Å²) in [6.45, 7) is 5.52. The smallest absolute Gasteiger partial charge is 0.255 e. The molecule has 154 valence electrons. The van der Waals surface area contributed by atoms with Crippen LogP contribution in [0, 0.1) is 5.92 Å². The summed E-state index contributed by atoms with van der Waals surface area (Å²) in [5.41, 5.74) is 4.18. The predicted molar refractivity (Wildman–Crippen MR) is 122 cm³/mol. The molecule has 0 aromatic heterocycles. The van der Waals surface area contributed by atoms with Crippen LogP contribution in [0.15, 0.2) is 72.8 Å². The van der Waals surface area contributed by atoms with Gasteiger partial charge in [-0.05, 0) is 72.8 Å². The highest BCUT2D eigenvalue weighted by Gasteiger charge is 2.16. The van der Waals surface area contributed by atoms with Crippen LogP contribution in [0.5, 0.6) is 5.75 Å². The van der Waals surface area contributed by atoms with Crippen LogP contribution < -0.4 is 5.32 Å². The van der Waals surface area contributed by atoms with E-state index in [1.807, 2.05) is 60.7 Å². The molecule has 1 fully saturated rings. The zero-order valence-corrected chi connectivity index (χ0v) is 17.3. The Labute approximate surface area is 178 Å². The van der Waals surface area contributed by atoms with E-state index in [0.29, 0.717) is 11.3 Å². The summed E-state index contributed by atoms with van der Waals surface area (Å²) in [5, 5.41) is 13.0. The van der Waals surface area contributed by atoms with Crippen LogP contribution >= 0.6 is 0 Å². The molecule has 4 rings (SSSR count). The average Bonchev–Trinajstić information content (AvgIpc) is 2.78. The van der Waals surface area contributed by atoms with Gasteiger partial charge in [0.1, 0.15) is 5.75 Å². The summed E-state index contributed by atoms with van der Waals surface area (Å²) >= 11 is 0. The number of rotatable bonds is 5. The number of aromatic hydroxyl groups is 1. The van der Waals surface area contributed by atoms with Crippen molar-refractivity contribution < 1.29 is 9.90 Å². The first-order chi connectivity index (χ1) is 14.6. The first kappa shape index (κ1) is 20.2. The summed E-state index contributed by atoms with van der Waals surface area (Å²) in [6.07, 6.45) is 2.51. The molecule has 0 unspecified atom stereocenters. The number of carbonyl (C=O) groups is 1. The molecule has 0 saturated carbocycles. The SMILES string of the molecule is CC1CCN(Cc2ccc(C(=O)Nc3cc(-c4ccccc4)ccc3O)cc2)CC1. The predicted octanol–water partition coefficient (Wildman–Crippen LogP) is 5.54. The van der Waals surface area contributed by atoms with Crippen LogP contribution in [0.25, 0.3) is 11.1 Å². The summed E-state index contributed by atoms with van der Waals surface area (Å²) in [5.74, 6) is 0.650. The van der Waals surface area contributed by atoms with E-state index >= 15 is 0 Å². The number of nitrogens with zero attached hydrogens (tertiary/aromatic N) is 1. The van der Waals surface area contributed by atoms with Crippen LogP contribution in [0.2, 0.25) is 0 Å². The van der Waals surface area contributed by atoms with Gasteiger partial charge >= 0.3 is 0 Å². The molecule has 4 heteroatoms. The van der Waals surface area contributed by atoms with Crippen LogP contribution in [-0.4, -0.2) is 29.0 Å². The third-order valence-corrected chi connectivity index (χ3v) is 5.85. The van der Waals surface area contributed by atoms with Crippen LogP contribution in [0.1, 0.15) is 35.7 Å². The molecule has 2 N–H and O–H groups in total. The van der Waals surface area contributed by atoms with Gasteiger partial charge in [0.25, 0.3) is 5.91 Å². The minimum atomic E-state index is -0.228. The summed E-state index contributed by atoms with van der Waals surface area (Å²) in [4.78, 5) is 15.2. The van der Waals surface area contributed by atoms with Crippen molar-refractivity contribution in [2.45, 2.75) is 26.3 Å². The van der Waals surface area contributed by atoms with E-state index in [-0.39, 0.29) is 11.7 Å². The lowest BCUT2D eigenvalue weighted by Gasteiger charge is -2.30. The zero-order chi connectivity index (χ0) is 20.9. The molecular formula is C26H28N2O2. The van der Waals surface area contributed by atoms with E-state index in [4.69, 9.17) is 0 Å². The number of hydrogen-bond acceptors (Lipinski definition) is 3. The number of piperidine rings is 1. The fourth-order valence-corrected chi connectivity index (χ4v) is 3.88. The molecule has 0 bridgehead atoms. The first-order valence-electron chi connectivity index (χ1n) is 10.6. The zero-order valence-electron chi connectivity index (χ0n) is 17.3. The maximum atomic E-state index is 12.7. The summed E-state index contributed by atoms with van der Waals surface area (Å²) < 4.78 is 0. The van der Waals surface area contributed by atoms with Gasteiger partial charge in [0, 0.05) is 12.1 Å². The molecule has 1 saturated heterocycles. The topological polar surface area (TPSA) is 52.6 Å². The van der Waals surface area contributed by atoms with E-state index in [1.54, 1.807) is 12.1 Å². The fraction of sp³-hybridized carbons (Fsp3) is 0.269. The molecule has 1 heterocycles. The van der Waals surface area contributed by atoms with Gasteiger partial charge in [-0.1, -0.05) is 55.5 Å². The number of phenolic OH excluding ortho intramolecular Hbond substituents is 1. The van der Waals surface area contributed by atoms with Crippen molar-refractivity contribution in [2.75, 3.05) is 18.4 Å². The van der Waals surface area contributed by atoms with Crippen molar-refractivity contribution in [2.24, 2.45) is 5.92 Å². The molecule has 0 atom stereocenters. The molecule has 1 amide bonds. The van der Waals surface area contributed by atoms with Gasteiger partial charge < -0.3 is 10.4 Å². The molecule has 30 heavy (non-hydrogen) atoms. The van der Waals surface area contributed by atoms with Gasteiger partial charge in [-0.15, -0.1) is 0 Å². The number of phenols is 1. The van der Waals surface area contributed by atoms with E-state index in [1.165, 1.54) is 18.4 Å². The monoisotopic (exact) mass is 400 g/mol. The number of amides is 1. The Balaban J connectivity index is 1.42. The number of benzene rings is 3. The number of nitrogens with one attached hydrogen (secondary N) is 1. The highest BCUT2D eigenvalue weighted by Crippen LogP contribution is 2.30. The Morgan fingerprint density at radius 2 is 1.67 bits per heavy atom. The Morgan fingerprint density at radius 1 is 0.967 bits per heavy atom. The fourth-order valence-electron chi connectivity index (χ4n) is 3.88. The van der Waals surface area contributed by atoms with Crippen LogP contribution in [0.3, 0.4) is 0 Å². The van der Waals surface area contributed by atoms with Crippen molar-refractivity contribution >= 4 is 11.6 Å². The van der Waals surface area contributed by atoms with E-state index in [2.05, 4.69) is 17.1 Å². The second-order valence-corrected chi connectivity index (χ2v) is 8.21. The molecule has 0 radical (unpaired) electrons. The number of hydrogen-bond donors (Lipinski definition) is 2. The third kappa shape index (κ3) is 4.89. The van der Waals surface area contributed by atoms with E-state index in [9.17, 15) is 9.90 Å². The summed E-state index contributed by atoms with van der Waals surface area (Å²) in [6, 6.07) is 22.9. The van der Waals surface area contributed by atoms with Gasteiger partial charge in [0.15, 0.2) is 0 Å². The van der Waals surface area contributed by atoms with Gasteiger partial charge in [-0.25, -0.2) is 0 Å². The normalized spacial score (nSPS) is 15.1. The lowest BCUT2D eigenvalue weighted by atomic mass is 9.99. The molecule has 3 aromatic rings. The van der Waals surface area contributed by atoms with Crippen molar-refractivity contribution in [3.05, 3.63) is 83.9 Å². The second-order valence-electron chi connectivity index (χ2n) is 8.21. The number of likely N-dealkylation sites (tertiary alicyclic amines) is 1. The van der Waals surface area contributed by atoms with Crippen LogP contribution in [0.4, 0.5) is 5.69 Å². The molecule has 0 aliphatic carbocycles. The van der Waals surface area contributed by atoms with Crippen LogP contribution in [-0.2, 0) is 6.54 Å². The third-order valence-electron chi connectivity index (χ3n) is 5.85. The van der Waals surface area contributed by atoms with Gasteiger partial charge in [-0.3, -0.25) is 9.69 Å². The maximum absolute atomic E-state index is 12.7. The maximum Gasteiger partial charge on any atom is 0.255 e. The minimum absolute atomic E-state index is 0.0546. The van der Waals surface area contributed by atoms with Gasteiger partial charge in [0.05, 0.1) is 5.69 Å².